The highest BCUT2D eigenvalue weighted by molar-refractivity contribution is 9.10. The quantitative estimate of drug-likeness (QED) is 0.310. The van der Waals surface area contributed by atoms with Gasteiger partial charge in [-0.1, -0.05) is 28.1 Å². The first-order valence-electron chi connectivity index (χ1n) is 6.76. The van der Waals surface area contributed by atoms with Gasteiger partial charge in [-0.25, -0.2) is 4.79 Å². The Morgan fingerprint density at radius 1 is 1.17 bits per heavy atom. The number of halogens is 1. The predicted octanol–water partition coefficient (Wildman–Crippen LogP) is 3.31. The summed E-state index contributed by atoms with van der Waals surface area (Å²) in [6, 6.07) is 12.3. The van der Waals surface area contributed by atoms with E-state index in [0.717, 1.165) is 10.0 Å². The van der Waals surface area contributed by atoms with Crippen molar-refractivity contribution in [1.82, 2.24) is 0 Å². The van der Waals surface area contributed by atoms with Gasteiger partial charge in [0, 0.05) is 22.2 Å². The summed E-state index contributed by atoms with van der Waals surface area (Å²) >= 11 is 3.30. The molecule has 0 N–H and O–H groups in total. The number of ether oxygens (including phenoxy) is 2. The summed E-state index contributed by atoms with van der Waals surface area (Å²) in [5.74, 6) is -0.765. The van der Waals surface area contributed by atoms with E-state index in [4.69, 9.17) is 9.47 Å². The van der Waals surface area contributed by atoms with E-state index in [9.17, 15) is 19.7 Å². The molecule has 0 saturated carbocycles. The monoisotopic (exact) mass is 393 g/mol. The van der Waals surface area contributed by atoms with Gasteiger partial charge in [0.25, 0.3) is 12.2 Å². The molecule has 0 aromatic heterocycles. The van der Waals surface area contributed by atoms with Gasteiger partial charge in [-0.15, -0.1) is 0 Å². The lowest BCUT2D eigenvalue weighted by Crippen LogP contribution is -2.18. The molecular weight excluding hydrogens is 382 g/mol. The van der Waals surface area contributed by atoms with Gasteiger partial charge in [0.1, 0.15) is 6.61 Å². The molecule has 1 atom stereocenters. The molecule has 0 aliphatic carbocycles. The van der Waals surface area contributed by atoms with E-state index in [0.29, 0.717) is 0 Å². The van der Waals surface area contributed by atoms with Crippen LogP contribution >= 0.6 is 15.9 Å². The zero-order valence-electron chi connectivity index (χ0n) is 12.3. The lowest BCUT2D eigenvalue weighted by Gasteiger charge is -2.14. The third kappa shape index (κ3) is 4.63. The third-order valence-electron chi connectivity index (χ3n) is 3.11. The van der Waals surface area contributed by atoms with Crippen LogP contribution in [-0.4, -0.2) is 17.4 Å². The van der Waals surface area contributed by atoms with Crippen molar-refractivity contribution in [3.05, 3.63) is 74.2 Å². The second-order valence-corrected chi connectivity index (χ2v) is 5.61. The number of nitro groups is 1. The topological polar surface area (TPSA) is 95.7 Å². The summed E-state index contributed by atoms with van der Waals surface area (Å²) < 4.78 is 10.8. The number of benzene rings is 2. The molecule has 0 aliphatic rings. The molecule has 0 amide bonds. The maximum absolute atomic E-state index is 12.1. The standard InChI is InChI=1S/C16H12BrNO6/c17-13-5-1-11(2-6-13)9-23-16(20)15(24-10-19)12-3-7-14(8-4-12)18(21)22/h1-8,10,15H,9H2. The van der Waals surface area contributed by atoms with Crippen LogP contribution in [0.2, 0.25) is 0 Å². The molecule has 124 valence electrons. The molecule has 7 nitrogen and oxygen atoms in total. The highest BCUT2D eigenvalue weighted by Crippen LogP contribution is 2.22. The van der Waals surface area contributed by atoms with Crippen LogP contribution in [0, 0.1) is 10.1 Å². The zero-order chi connectivity index (χ0) is 17.5. The Labute approximate surface area is 145 Å². The van der Waals surface area contributed by atoms with E-state index in [-0.39, 0.29) is 24.3 Å². The van der Waals surface area contributed by atoms with Crippen molar-refractivity contribution in [2.45, 2.75) is 12.7 Å². The fraction of sp³-hybridized carbons (Fsp3) is 0.125. The maximum atomic E-state index is 12.1. The lowest BCUT2D eigenvalue weighted by molar-refractivity contribution is -0.384. The van der Waals surface area contributed by atoms with Crippen molar-refractivity contribution in [1.29, 1.82) is 0 Å². The molecular formula is C16H12BrNO6. The number of carbonyl (C=O) groups is 2. The summed E-state index contributed by atoms with van der Waals surface area (Å²) in [4.78, 5) is 32.9. The Morgan fingerprint density at radius 2 is 1.79 bits per heavy atom. The normalized spacial score (nSPS) is 11.4. The van der Waals surface area contributed by atoms with E-state index in [1.807, 2.05) is 0 Å². The van der Waals surface area contributed by atoms with E-state index < -0.39 is 17.0 Å². The minimum absolute atomic E-state index is 0.0117. The van der Waals surface area contributed by atoms with E-state index in [2.05, 4.69) is 15.9 Å². The molecule has 2 aromatic carbocycles. The van der Waals surface area contributed by atoms with Gasteiger partial charge in [-0.3, -0.25) is 14.9 Å². The molecule has 0 fully saturated rings. The van der Waals surface area contributed by atoms with E-state index >= 15 is 0 Å². The molecule has 0 heterocycles. The Bertz CT molecular complexity index is 729. The molecule has 2 aromatic rings. The first kappa shape index (κ1) is 17.6. The molecule has 1 unspecified atom stereocenters. The van der Waals surface area contributed by atoms with Crippen molar-refractivity contribution in [2.75, 3.05) is 0 Å². The van der Waals surface area contributed by atoms with Crippen LogP contribution in [-0.2, 0) is 25.7 Å². The van der Waals surface area contributed by atoms with Crippen LogP contribution in [0.25, 0.3) is 0 Å². The summed E-state index contributed by atoms with van der Waals surface area (Å²) in [6.07, 6.45) is -1.28. The molecule has 8 heteroatoms. The molecule has 0 spiro atoms. The predicted molar refractivity (Wildman–Crippen MR) is 86.9 cm³/mol. The molecule has 0 bridgehead atoms. The summed E-state index contributed by atoms with van der Waals surface area (Å²) in [5.41, 5.74) is 0.917. The minimum Gasteiger partial charge on any atom is -0.458 e. The minimum atomic E-state index is -1.28. The van der Waals surface area contributed by atoms with Crippen molar-refractivity contribution < 1.29 is 24.0 Å². The zero-order valence-corrected chi connectivity index (χ0v) is 13.8. The number of nitrogens with zero attached hydrogens (tertiary/aromatic N) is 1. The average Bonchev–Trinajstić information content (AvgIpc) is 2.59. The number of hydrogen-bond acceptors (Lipinski definition) is 6. The Hall–Kier alpha value is -2.74. The largest absolute Gasteiger partial charge is 0.458 e. The molecule has 0 saturated heterocycles. The van der Waals surface area contributed by atoms with Crippen LogP contribution in [0.5, 0.6) is 0 Å². The highest BCUT2D eigenvalue weighted by atomic mass is 79.9. The summed E-state index contributed by atoms with van der Waals surface area (Å²) in [7, 11) is 0. The number of nitro benzene ring substituents is 1. The fourth-order valence-electron chi connectivity index (χ4n) is 1.91. The van der Waals surface area contributed by atoms with Crippen molar-refractivity contribution in [2.24, 2.45) is 0 Å². The first-order valence-corrected chi connectivity index (χ1v) is 7.55. The van der Waals surface area contributed by atoms with Crippen LogP contribution in [0.1, 0.15) is 17.2 Å². The third-order valence-corrected chi connectivity index (χ3v) is 3.64. The number of carbonyl (C=O) groups excluding carboxylic acids is 2. The first-order chi connectivity index (χ1) is 11.5. The molecule has 0 radical (unpaired) electrons. The molecule has 2 rings (SSSR count). The smallest absolute Gasteiger partial charge is 0.352 e. The van der Waals surface area contributed by atoms with Gasteiger partial charge < -0.3 is 9.47 Å². The van der Waals surface area contributed by atoms with Gasteiger partial charge in [-0.05, 0) is 29.8 Å². The van der Waals surface area contributed by atoms with Crippen molar-refractivity contribution >= 4 is 34.1 Å². The van der Waals surface area contributed by atoms with Gasteiger partial charge >= 0.3 is 5.97 Å². The van der Waals surface area contributed by atoms with Crippen LogP contribution in [0.3, 0.4) is 0 Å². The summed E-state index contributed by atoms with van der Waals surface area (Å²) in [6.45, 7) is 0.144. The van der Waals surface area contributed by atoms with E-state index in [1.165, 1.54) is 24.3 Å². The van der Waals surface area contributed by atoms with Crippen LogP contribution < -0.4 is 0 Å². The lowest BCUT2D eigenvalue weighted by atomic mass is 10.1. The average molecular weight is 394 g/mol. The van der Waals surface area contributed by atoms with Gasteiger partial charge in [0.05, 0.1) is 4.92 Å². The molecule has 24 heavy (non-hydrogen) atoms. The van der Waals surface area contributed by atoms with Crippen molar-refractivity contribution in [3.8, 4) is 0 Å². The van der Waals surface area contributed by atoms with Gasteiger partial charge in [0.15, 0.2) is 0 Å². The SMILES string of the molecule is O=COC(C(=O)OCc1ccc(Br)cc1)c1ccc([N+](=O)[O-])cc1. The highest BCUT2D eigenvalue weighted by Gasteiger charge is 2.24. The Kier molecular flexibility index (Phi) is 6.02. The van der Waals surface area contributed by atoms with Gasteiger partial charge in [-0.2, -0.15) is 0 Å². The number of esters is 1. The Morgan fingerprint density at radius 3 is 2.33 bits per heavy atom. The number of hydrogen-bond donors (Lipinski definition) is 0. The number of rotatable bonds is 7. The molecule has 0 aliphatic heterocycles. The second-order valence-electron chi connectivity index (χ2n) is 4.70. The van der Waals surface area contributed by atoms with Crippen LogP contribution in [0.15, 0.2) is 53.0 Å². The van der Waals surface area contributed by atoms with Crippen LogP contribution in [0.4, 0.5) is 5.69 Å². The Balaban J connectivity index is 2.08. The second kappa shape index (κ2) is 8.21. The fourth-order valence-corrected chi connectivity index (χ4v) is 2.17. The number of non-ortho nitro benzene ring substituents is 1. The maximum Gasteiger partial charge on any atom is 0.352 e. The van der Waals surface area contributed by atoms with E-state index in [1.54, 1.807) is 24.3 Å². The van der Waals surface area contributed by atoms with Gasteiger partial charge in [0.2, 0.25) is 6.10 Å². The summed E-state index contributed by atoms with van der Waals surface area (Å²) in [5, 5.41) is 10.6. The van der Waals surface area contributed by atoms with Crippen molar-refractivity contribution in [3.63, 3.8) is 0 Å².